The van der Waals surface area contributed by atoms with Gasteiger partial charge in [-0.1, -0.05) is 12.1 Å². The van der Waals surface area contributed by atoms with Crippen molar-refractivity contribution in [3.63, 3.8) is 0 Å². The molecule has 0 unspecified atom stereocenters. The summed E-state index contributed by atoms with van der Waals surface area (Å²) >= 11 is 0. The molecule has 0 heterocycles. The van der Waals surface area contributed by atoms with Gasteiger partial charge in [0, 0.05) is 0 Å². The van der Waals surface area contributed by atoms with Crippen molar-refractivity contribution in [1.82, 2.24) is 0 Å². The first-order valence-electron chi connectivity index (χ1n) is 3.97. The second-order valence-electron chi connectivity index (χ2n) is 2.34. The quantitative estimate of drug-likeness (QED) is 0.717. The maximum atomic E-state index is 8.33. The first-order valence-corrected chi connectivity index (χ1v) is 3.97. The van der Waals surface area contributed by atoms with Crippen LogP contribution in [0.5, 0.6) is 11.5 Å². The van der Waals surface area contributed by atoms with Gasteiger partial charge in [-0.2, -0.15) is 10.5 Å². The molecular weight excluding hydrogens is 180 g/mol. The number of rotatable bonds is 4. The molecule has 1 aromatic rings. The highest BCUT2D eigenvalue weighted by Crippen LogP contribution is 2.25. The summed E-state index contributed by atoms with van der Waals surface area (Å²) in [6, 6.07) is 10.6. The maximum absolute atomic E-state index is 8.33. The van der Waals surface area contributed by atoms with Gasteiger partial charge in [0.15, 0.2) is 24.7 Å². The van der Waals surface area contributed by atoms with Gasteiger partial charge in [0.2, 0.25) is 0 Å². The fraction of sp³-hybridized carbons (Fsp3) is 0.200. The Morgan fingerprint density at radius 2 is 1.36 bits per heavy atom. The number of nitrogens with zero attached hydrogens (tertiary/aromatic N) is 2. The van der Waals surface area contributed by atoms with Crippen molar-refractivity contribution in [3.05, 3.63) is 24.3 Å². The SMILES string of the molecule is N#CCOc1ccccc1OCC#N. The third-order valence-electron chi connectivity index (χ3n) is 1.43. The molecule has 4 nitrogen and oxygen atoms in total. The summed E-state index contributed by atoms with van der Waals surface area (Å²) in [6.45, 7) is -0.0696. The molecule has 0 bridgehead atoms. The van der Waals surface area contributed by atoms with Crippen LogP contribution in [0.15, 0.2) is 24.3 Å². The predicted octanol–water partition coefficient (Wildman–Crippen LogP) is 1.49. The highest BCUT2D eigenvalue weighted by Gasteiger charge is 2.02. The van der Waals surface area contributed by atoms with Crippen LogP contribution in [0.25, 0.3) is 0 Å². The first kappa shape index (κ1) is 9.88. The Morgan fingerprint density at radius 3 is 1.71 bits per heavy atom. The van der Waals surface area contributed by atoms with Gasteiger partial charge in [-0.15, -0.1) is 0 Å². The molecule has 1 rings (SSSR count). The van der Waals surface area contributed by atoms with E-state index in [2.05, 4.69) is 0 Å². The van der Waals surface area contributed by atoms with Crippen LogP contribution in [0, 0.1) is 22.7 Å². The van der Waals surface area contributed by atoms with Crippen LogP contribution < -0.4 is 9.47 Å². The van der Waals surface area contributed by atoms with E-state index in [0.717, 1.165) is 0 Å². The molecule has 0 atom stereocenters. The lowest BCUT2D eigenvalue weighted by atomic mass is 10.3. The van der Waals surface area contributed by atoms with Crippen LogP contribution in [-0.4, -0.2) is 13.2 Å². The summed E-state index contributed by atoms with van der Waals surface area (Å²) in [4.78, 5) is 0. The minimum atomic E-state index is -0.0348. The third kappa shape index (κ3) is 2.69. The molecule has 70 valence electrons. The van der Waals surface area contributed by atoms with E-state index in [9.17, 15) is 0 Å². The van der Waals surface area contributed by atoms with E-state index < -0.39 is 0 Å². The molecule has 0 saturated carbocycles. The van der Waals surface area contributed by atoms with Crippen molar-refractivity contribution in [2.45, 2.75) is 0 Å². The van der Waals surface area contributed by atoms with Crippen molar-refractivity contribution in [2.24, 2.45) is 0 Å². The lowest BCUT2D eigenvalue weighted by molar-refractivity contribution is 0.313. The van der Waals surface area contributed by atoms with E-state index in [-0.39, 0.29) is 13.2 Å². The number of ether oxygens (including phenoxy) is 2. The zero-order valence-electron chi connectivity index (χ0n) is 7.43. The summed E-state index contributed by atoms with van der Waals surface area (Å²) in [7, 11) is 0. The van der Waals surface area contributed by atoms with Crippen LogP contribution in [0.4, 0.5) is 0 Å². The van der Waals surface area contributed by atoms with E-state index in [1.165, 1.54) is 0 Å². The van der Waals surface area contributed by atoms with Crippen LogP contribution in [-0.2, 0) is 0 Å². The molecule has 0 amide bonds. The van der Waals surface area contributed by atoms with Gasteiger partial charge in [-0.25, -0.2) is 0 Å². The van der Waals surface area contributed by atoms with E-state index >= 15 is 0 Å². The molecule has 0 saturated heterocycles. The summed E-state index contributed by atoms with van der Waals surface area (Å²) < 4.78 is 10.2. The van der Waals surface area contributed by atoms with Crippen LogP contribution >= 0.6 is 0 Å². The van der Waals surface area contributed by atoms with Crippen molar-refractivity contribution in [2.75, 3.05) is 13.2 Å². The lowest BCUT2D eigenvalue weighted by Crippen LogP contribution is -1.99. The average Bonchev–Trinajstić information content (AvgIpc) is 2.24. The number of benzene rings is 1. The molecule has 0 radical (unpaired) electrons. The molecule has 14 heavy (non-hydrogen) atoms. The predicted molar refractivity (Wildman–Crippen MR) is 48.7 cm³/mol. The Bertz CT molecular complexity index is 339. The smallest absolute Gasteiger partial charge is 0.174 e. The van der Waals surface area contributed by atoms with Gasteiger partial charge in [0.1, 0.15) is 12.1 Å². The number of hydrogen-bond donors (Lipinski definition) is 0. The van der Waals surface area contributed by atoms with Crippen LogP contribution in [0.3, 0.4) is 0 Å². The molecule has 4 heteroatoms. The largest absolute Gasteiger partial charge is 0.475 e. The van der Waals surface area contributed by atoms with Gasteiger partial charge < -0.3 is 9.47 Å². The van der Waals surface area contributed by atoms with E-state index in [1.807, 2.05) is 12.1 Å². The van der Waals surface area contributed by atoms with Gasteiger partial charge >= 0.3 is 0 Å². The highest BCUT2D eigenvalue weighted by molar-refractivity contribution is 5.39. The maximum Gasteiger partial charge on any atom is 0.174 e. The molecule has 1 aromatic carbocycles. The molecular formula is C10H8N2O2. The van der Waals surface area contributed by atoms with Gasteiger partial charge in [0.05, 0.1) is 0 Å². The van der Waals surface area contributed by atoms with Crippen LogP contribution in [0.2, 0.25) is 0 Å². The van der Waals surface area contributed by atoms with Crippen molar-refractivity contribution in [3.8, 4) is 23.6 Å². The van der Waals surface area contributed by atoms with Crippen molar-refractivity contribution < 1.29 is 9.47 Å². The monoisotopic (exact) mass is 188 g/mol. The molecule has 0 aliphatic rings. The fourth-order valence-corrected chi connectivity index (χ4v) is 0.909. The Morgan fingerprint density at radius 1 is 0.929 bits per heavy atom. The second kappa shape index (κ2) is 5.45. The first-order chi connectivity index (χ1) is 6.88. The van der Waals surface area contributed by atoms with Gasteiger partial charge in [-0.3, -0.25) is 0 Å². The molecule has 0 aliphatic carbocycles. The standard InChI is InChI=1S/C10H8N2O2/c11-5-7-13-9-3-1-2-4-10(9)14-8-6-12/h1-4H,7-8H2. The van der Waals surface area contributed by atoms with Crippen molar-refractivity contribution >= 4 is 0 Å². The molecule has 0 aromatic heterocycles. The minimum absolute atomic E-state index is 0.0348. The van der Waals surface area contributed by atoms with Crippen LogP contribution in [0.1, 0.15) is 0 Å². The van der Waals surface area contributed by atoms with E-state index in [1.54, 1.807) is 24.3 Å². The summed E-state index contributed by atoms with van der Waals surface area (Å²) in [5, 5.41) is 16.7. The zero-order valence-corrected chi connectivity index (χ0v) is 7.43. The number of para-hydroxylation sites is 2. The third-order valence-corrected chi connectivity index (χ3v) is 1.43. The highest BCUT2D eigenvalue weighted by atomic mass is 16.5. The lowest BCUT2D eigenvalue weighted by Gasteiger charge is -2.07. The molecule has 0 spiro atoms. The normalized spacial score (nSPS) is 8.43. The van der Waals surface area contributed by atoms with Crippen molar-refractivity contribution in [1.29, 1.82) is 10.5 Å². The number of nitriles is 2. The van der Waals surface area contributed by atoms with E-state index in [0.29, 0.717) is 11.5 Å². The molecule has 0 fully saturated rings. The Balaban J connectivity index is 2.71. The second-order valence-corrected chi connectivity index (χ2v) is 2.34. The summed E-state index contributed by atoms with van der Waals surface area (Å²) in [5.41, 5.74) is 0. The average molecular weight is 188 g/mol. The van der Waals surface area contributed by atoms with Gasteiger partial charge in [0.25, 0.3) is 0 Å². The fourth-order valence-electron chi connectivity index (χ4n) is 0.909. The molecule has 0 N–H and O–H groups in total. The Kier molecular flexibility index (Phi) is 3.85. The van der Waals surface area contributed by atoms with E-state index in [4.69, 9.17) is 20.0 Å². The van der Waals surface area contributed by atoms with Gasteiger partial charge in [-0.05, 0) is 12.1 Å². The Hall–Kier alpha value is -2.20. The Labute approximate surface area is 81.9 Å². The number of hydrogen-bond acceptors (Lipinski definition) is 4. The molecule has 0 aliphatic heterocycles. The summed E-state index contributed by atoms with van der Waals surface area (Å²) in [6.07, 6.45) is 0. The topological polar surface area (TPSA) is 66.0 Å². The minimum Gasteiger partial charge on any atom is -0.475 e. The summed E-state index contributed by atoms with van der Waals surface area (Å²) in [5.74, 6) is 0.952. The zero-order chi connectivity index (χ0) is 10.2.